The second kappa shape index (κ2) is 5.92. The molecule has 0 unspecified atom stereocenters. The zero-order valence-corrected chi connectivity index (χ0v) is 10.5. The highest BCUT2D eigenvalue weighted by Crippen LogP contribution is 2.29. The van der Waals surface area contributed by atoms with Crippen molar-refractivity contribution in [3.05, 3.63) is 48.3 Å². The minimum absolute atomic E-state index is 0.0714. The van der Waals surface area contributed by atoms with Crippen LogP contribution in [0.15, 0.2) is 42.5 Å². The van der Waals surface area contributed by atoms with Crippen molar-refractivity contribution in [3.63, 3.8) is 0 Å². The molecule has 0 spiro atoms. The van der Waals surface area contributed by atoms with Gasteiger partial charge in [-0.2, -0.15) is 0 Å². The number of halogens is 1. The van der Waals surface area contributed by atoms with E-state index >= 15 is 0 Å². The van der Waals surface area contributed by atoms with E-state index in [1.807, 2.05) is 0 Å². The van der Waals surface area contributed by atoms with Crippen LogP contribution in [0.5, 0.6) is 11.5 Å². The number of aromatic hydroxyl groups is 1. The van der Waals surface area contributed by atoms with Gasteiger partial charge in [0, 0.05) is 5.69 Å². The van der Waals surface area contributed by atoms with E-state index in [0.29, 0.717) is 5.69 Å². The number of para-hydroxylation sites is 1. The van der Waals surface area contributed by atoms with Crippen LogP contribution < -0.4 is 15.8 Å². The van der Waals surface area contributed by atoms with Crippen LogP contribution in [-0.2, 0) is 4.79 Å². The maximum atomic E-state index is 12.7. The number of nitrogens with one attached hydrogen (secondary N) is 1. The quantitative estimate of drug-likeness (QED) is 0.590. The minimum atomic E-state index is -0.417. The van der Waals surface area contributed by atoms with Crippen LogP contribution in [0.4, 0.5) is 15.8 Å². The lowest BCUT2D eigenvalue weighted by Crippen LogP contribution is -2.20. The monoisotopic (exact) mass is 276 g/mol. The molecule has 0 fully saturated rings. The Morgan fingerprint density at radius 2 is 1.95 bits per heavy atom. The van der Waals surface area contributed by atoms with Crippen molar-refractivity contribution in [3.8, 4) is 11.5 Å². The summed E-state index contributed by atoms with van der Waals surface area (Å²) in [7, 11) is 0. The highest BCUT2D eigenvalue weighted by molar-refractivity contribution is 5.91. The van der Waals surface area contributed by atoms with Gasteiger partial charge in [-0.3, -0.25) is 4.79 Å². The molecule has 0 heterocycles. The van der Waals surface area contributed by atoms with Crippen LogP contribution in [0.2, 0.25) is 0 Å². The summed E-state index contributed by atoms with van der Waals surface area (Å²) in [6.45, 7) is -0.273. The van der Waals surface area contributed by atoms with Gasteiger partial charge in [-0.25, -0.2) is 4.39 Å². The van der Waals surface area contributed by atoms with Crippen LogP contribution in [0.1, 0.15) is 0 Å². The Morgan fingerprint density at radius 3 is 2.65 bits per heavy atom. The Labute approximate surface area is 114 Å². The van der Waals surface area contributed by atoms with Gasteiger partial charge in [0.05, 0.1) is 0 Å². The van der Waals surface area contributed by atoms with Gasteiger partial charge in [0.25, 0.3) is 5.91 Å². The van der Waals surface area contributed by atoms with E-state index in [0.717, 1.165) is 0 Å². The maximum Gasteiger partial charge on any atom is 0.262 e. The first kappa shape index (κ1) is 13.7. The average molecular weight is 276 g/mol. The van der Waals surface area contributed by atoms with E-state index in [4.69, 9.17) is 10.5 Å². The van der Waals surface area contributed by atoms with Crippen molar-refractivity contribution in [1.29, 1.82) is 0 Å². The molecule has 20 heavy (non-hydrogen) atoms. The summed E-state index contributed by atoms with van der Waals surface area (Å²) >= 11 is 0. The maximum absolute atomic E-state index is 12.7. The molecule has 0 saturated carbocycles. The molecule has 0 aliphatic heterocycles. The first-order valence-electron chi connectivity index (χ1n) is 5.82. The predicted octanol–water partition coefficient (Wildman–Crippen LogP) is 2.13. The third-order valence-electron chi connectivity index (χ3n) is 2.53. The van der Waals surface area contributed by atoms with E-state index in [-0.39, 0.29) is 29.6 Å². The second-order valence-electron chi connectivity index (χ2n) is 4.03. The highest BCUT2D eigenvalue weighted by Gasteiger charge is 2.08. The molecular formula is C14H13FN2O3. The minimum Gasteiger partial charge on any atom is -0.506 e. The number of nitrogens with two attached hydrogens (primary N) is 1. The molecule has 0 saturated heterocycles. The van der Waals surface area contributed by atoms with Crippen molar-refractivity contribution in [2.75, 3.05) is 17.7 Å². The molecule has 1 amide bonds. The molecule has 2 aromatic rings. The van der Waals surface area contributed by atoms with Crippen molar-refractivity contribution < 1.29 is 19.0 Å². The Morgan fingerprint density at radius 1 is 1.25 bits per heavy atom. The van der Waals surface area contributed by atoms with Gasteiger partial charge in [0.1, 0.15) is 23.0 Å². The topological polar surface area (TPSA) is 84.6 Å². The van der Waals surface area contributed by atoms with E-state index in [1.54, 1.807) is 12.1 Å². The Kier molecular flexibility index (Phi) is 4.05. The smallest absolute Gasteiger partial charge is 0.262 e. The van der Waals surface area contributed by atoms with Crippen LogP contribution in [-0.4, -0.2) is 17.6 Å². The number of carbonyl (C=O) groups is 1. The van der Waals surface area contributed by atoms with Gasteiger partial charge in [-0.05, 0) is 36.4 Å². The molecule has 0 radical (unpaired) electrons. The molecule has 0 bridgehead atoms. The van der Waals surface area contributed by atoms with E-state index in [9.17, 15) is 14.3 Å². The van der Waals surface area contributed by atoms with E-state index in [1.165, 1.54) is 30.3 Å². The van der Waals surface area contributed by atoms with Crippen LogP contribution in [0.25, 0.3) is 0 Å². The van der Waals surface area contributed by atoms with Crippen molar-refractivity contribution in [1.82, 2.24) is 0 Å². The molecule has 104 valence electrons. The first-order valence-corrected chi connectivity index (χ1v) is 5.82. The summed E-state index contributed by atoms with van der Waals surface area (Å²) in [5.41, 5.74) is 6.12. The van der Waals surface area contributed by atoms with Gasteiger partial charge in [0.2, 0.25) is 0 Å². The second-order valence-corrected chi connectivity index (χ2v) is 4.03. The van der Waals surface area contributed by atoms with Gasteiger partial charge < -0.3 is 20.9 Å². The number of hydrogen-bond acceptors (Lipinski definition) is 4. The lowest BCUT2D eigenvalue weighted by Gasteiger charge is -2.10. The molecule has 6 heteroatoms. The Bertz CT molecular complexity index is 614. The number of phenols is 1. The third kappa shape index (κ3) is 3.38. The molecule has 0 aromatic heterocycles. The van der Waals surface area contributed by atoms with Crippen LogP contribution >= 0.6 is 0 Å². The number of anilines is 2. The molecular weight excluding hydrogens is 263 g/mol. The molecule has 2 rings (SSSR count). The summed E-state index contributed by atoms with van der Waals surface area (Å²) in [5.74, 6) is -0.688. The van der Waals surface area contributed by atoms with Crippen molar-refractivity contribution in [2.24, 2.45) is 0 Å². The summed E-state index contributed by atoms with van der Waals surface area (Å²) in [4.78, 5) is 11.6. The fourth-order valence-corrected chi connectivity index (χ4v) is 1.53. The number of amides is 1. The zero-order valence-electron chi connectivity index (χ0n) is 10.5. The van der Waals surface area contributed by atoms with Gasteiger partial charge in [0.15, 0.2) is 6.61 Å². The number of nitrogen functional groups attached to an aromatic ring is 1. The van der Waals surface area contributed by atoms with Crippen molar-refractivity contribution >= 4 is 17.3 Å². The number of ether oxygens (including phenoxy) is 1. The molecule has 4 N–H and O–H groups in total. The largest absolute Gasteiger partial charge is 0.506 e. The SMILES string of the molecule is Nc1c(O)cccc1OCC(=O)Nc1ccc(F)cc1. The van der Waals surface area contributed by atoms with E-state index in [2.05, 4.69) is 5.32 Å². The third-order valence-corrected chi connectivity index (χ3v) is 2.53. The molecule has 0 aliphatic rings. The predicted molar refractivity (Wildman–Crippen MR) is 73.0 cm³/mol. The van der Waals surface area contributed by atoms with Gasteiger partial charge in [-0.1, -0.05) is 6.07 Å². The zero-order chi connectivity index (χ0) is 14.5. The number of benzene rings is 2. The number of carbonyl (C=O) groups excluding carboxylic acids is 1. The summed E-state index contributed by atoms with van der Waals surface area (Å²) in [5, 5.41) is 11.9. The number of hydrogen-bond donors (Lipinski definition) is 3. The fraction of sp³-hybridized carbons (Fsp3) is 0.0714. The van der Waals surface area contributed by atoms with E-state index < -0.39 is 5.91 Å². The molecule has 0 atom stereocenters. The summed E-state index contributed by atoms with van der Waals surface area (Å²) in [6.07, 6.45) is 0. The standard InChI is InChI=1S/C14H13FN2O3/c15-9-4-6-10(7-5-9)17-13(19)8-20-12-3-1-2-11(18)14(12)16/h1-7,18H,8,16H2,(H,17,19). The first-order chi connectivity index (χ1) is 9.56. The van der Waals surface area contributed by atoms with Gasteiger partial charge >= 0.3 is 0 Å². The van der Waals surface area contributed by atoms with Gasteiger partial charge in [-0.15, -0.1) is 0 Å². The van der Waals surface area contributed by atoms with Crippen LogP contribution in [0.3, 0.4) is 0 Å². The Hall–Kier alpha value is -2.76. The molecule has 2 aromatic carbocycles. The van der Waals surface area contributed by atoms with Crippen LogP contribution in [0, 0.1) is 5.82 Å². The number of phenolic OH excluding ortho intramolecular Hbond substituents is 1. The Balaban J connectivity index is 1.92. The lowest BCUT2D eigenvalue weighted by atomic mass is 10.3. The average Bonchev–Trinajstić information content (AvgIpc) is 2.43. The van der Waals surface area contributed by atoms with Crippen molar-refractivity contribution in [2.45, 2.75) is 0 Å². The normalized spacial score (nSPS) is 10.1. The highest BCUT2D eigenvalue weighted by atomic mass is 19.1. The molecule has 0 aliphatic carbocycles. The summed E-state index contributed by atoms with van der Waals surface area (Å²) < 4.78 is 17.9. The number of rotatable bonds is 4. The summed E-state index contributed by atoms with van der Waals surface area (Å²) in [6, 6.07) is 9.87. The fourth-order valence-electron chi connectivity index (χ4n) is 1.53. The lowest BCUT2D eigenvalue weighted by molar-refractivity contribution is -0.118. The molecule has 5 nitrogen and oxygen atoms in total.